The van der Waals surface area contributed by atoms with Crippen LogP contribution in [-0.4, -0.2) is 20.4 Å². The van der Waals surface area contributed by atoms with Gasteiger partial charge in [0.15, 0.2) is 23.0 Å². The lowest BCUT2D eigenvalue weighted by Crippen LogP contribution is -2.12. The molecule has 39 heavy (non-hydrogen) atoms. The lowest BCUT2D eigenvalue weighted by Gasteiger charge is -2.27. The van der Waals surface area contributed by atoms with E-state index in [0.717, 1.165) is 39.3 Å². The lowest BCUT2D eigenvalue weighted by molar-refractivity contribution is 0.403. The van der Waals surface area contributed by atoms with E-state index in [0.29, 0.717) is 24.2 Å². The van der Waals surface area contributed by atoms with E-state index < -0.39 is 0 Å². The molecule has 0 amide bonds. The highest BCUT2D eigenvalue weighted by Crippen LogP contribution is 2.38. The van der Waals surface area contributed by atoms with Crippen molar-refractivity contribution < 1.29 is 20.4 Å². The Bertz CT molecular complexity index is 1530. The van der Waals surface area contributed by atoms with Gasteiger partial charge in [-0.2, -0.15) is 0 Å². The smallest absolute Gasteiger partial charge is 0.157 e. The largest absolute Gasteiger partial charge is 0.504 e. The van der Waals surface area contributed by atoms with Crippen molar-refractivity contribution in [3.63, 3.8) is 0 Å². The maximum absolute atomic E-state index is 9.94. The van der Waals surface area contributed by atoms with E-state index in [9.17, 15) is 20.4 Å². The van der Waals surface area contributed by atoms with E-state index in [1.54, 1.807) is 12.1 Å². The molecule has 0 spiro atoms. The third-order valence-corrected chi connectivity index (χ3v) is 6.65. The zero-order valence-corrected chi connectivity index (χ0v) is 21.1. The second-order valence-electron chi connectivity index (χ2n) is 9.44. The summed E-state index contributed by atoms with van der Waals surface area (Å²) >= 11 is 0. The van der Waals surface area contributed by atoms with E-state index >= 15 is 0 Å². The minimum Gasteiger partial charge on any atom is -0.504 e. The Balaban J connectivity index is 1.56. The van der Waals surface area contributed by atoms with Crippen LogP contribution in [0.3, 0.4) is 0 Å². The van der Waals surface area contributed by atoms with Gasteiger partial charge in [0, 0.05) is 28.4 Å². The van der Waals surface area contributed by atoms with Crippen LogP contribution in [0.15, 0.2) is 103 Å². The molecule has 5 aromatic carbocycles. The Hall–Kier alpha value is -5.30. The summed E-state index contributed by atoms with van der Waals surface area (Å²) in [5.74, 6) is -0.691. The molecule has 0 heterocycles. The van der Waals surface area contributed by atoms with Gasteiger partial charge in [0.25, 0.3) is 0 Å². The van der Waals surface area contributed by atoms with Gasteiger partial charge in [-0.25, -0.2) is 0 Å². The number of benzene rings is 5. The number of nitrogens with two attached hydrogens (primary N) is 2. The Kier molecular flexibility index (Phi) is 6.89. The van der Waals surface area contributed by atoms with Crippen LogP contribution >= 0.6 is 0 Å². The van der Waals surface area contributed by atoms with Gasteiger partial charge in [0.2, 0.25) is 0 Å². The third-order valence-electron chi connectivity index (χ3n) is 6.65. The first kappa shape index (κ1) is 25.4. The standard InChI is InChI=1S/C32H29N3O4/c33-27-10-8-25(18-22(27)14-20-6-12-29(36)31(38)16-20)35(24-4-2-1-3-5-24)26-9-11-28(34)23(19-26)15-21-7-13-30(37)32(39)17-21/h1-13,16-19,36-39H,14-15,33-34H2. The molecule has 0 aromatic heterocycles. The fourth-order valence-electron chi connectivity index (χ4n) is 4.59. The molecule has 0 atom stereocenters. The molecule has 0 aliphatic rings. The van der Waals surface area contributed by atoms with Crippen LogP contribution < -0.4 is 16.4 Å². The molecule has 8 N–H and O–H groups in total. The molecule has 7 heteroatoms. The predicted molar refractivity (Wildman–Crippen MR) is 155 cm³/mol. The Labute approximate surface area is 226 Å². The van der Waals surface area contributed by atoms with Crippen LogP contribution in [0.2, 0.25) is 0 Å². The van der Waals surface area contributed by atoms with E-state index in [1.807, 2.05) is 66.7 Å². The van der Waals surface area contributed by atoms with Crippen LogP contribution in [0.25, 0.3) is 0 Å². The number of nitrogens with zero attached hydrogens (tertiary/aromatic N) is 1. The van der Waals surface area contributed by atoms with Crippen molar-refractivity contribution in [2.75, 3.05) is 16.4 Å². The zero-order chi connectivity index (χ0) is 27.5. The Morgan fingerprint density at radius 1 is 0.462 bits per heavy atom. The van der Waals surface area contributed by atoms with Gasteiger partial charge in [0.05, 0.1) is 0 Å². The number of aromatic hydroxyl groups is 4. The minimum absolute atomic E-state index is 0.169. The fourth-order valence-corrected chi connectivity index (χ4v) is 4.59. The normalized spacial score (nSPS) is 10.9. The maximum Gasteiger partial charge on any atom is 0.157 e. The lowest BCUT2D eigenvalue weighted by atomic mass is 10.00. The van der Waals surface area contributed by atoms with Crippen molar-refractivity contribution in [1.82, 2.24) is 0 Å². The number of para-hydroxylation sites is 1. The zero-order valence-electron chi connectivity index (χ0n) is 21.1. The molecule has 0 radical (unpaired) electrons. The summed E-state index contributed by atoms with van der Waals surface area (Å²) in [6.07, 6.45) is 0.932. The quantitative estimate of drug-likeness (QED) is 0.109. The van der Waals surface area contributed by atoms with Gasteiger partial charge in [0.1, 0.15) is 0 Å². The Morgan fingerprint density at radius 2 is 0.923 bits per heavy atom. The summed E-state index contributed by atoms with van der Waals surface area (Å²) in [6, 6.07) is 31.1. The van der Waals surface area contributed by atoms with Crippen LogP contribution in [0.4, 0.5) is 28.4 Å². The minimum atomic E-state index is -0.176. The van der Waals surface area contributed by atoms with Crippen LogP contribution in [0.5, 0.6) is 23.0 Å². The summed E-state index contributed by atoms with van der Waals surface area (Å²) < 4.78 is 0. The van der Waals surface area contributed by atoms with Crippen LogP contribution in [-0.2, 0) is 12.8 Å². The molecule has 0 saturated heterocycles. The predicted octanol–water partition coefficient (Wildman–Crippen LogP) is 6.32. The average Bonchev–Trinajstić information content (AvgIpc) is 2.93. The Morgan fingerprint density at radius 3 is 1.36 bits per heavy atom. The summed E-state index contributed by atoms with van der Waals surface area (Å²) in [5, 5.41) is 39.2. The van der Waals surface area contributed by atoms with E-state index in [-0.39, 0.29) is 23.0 Å². The van der Waals surface area contributed by atoms with Gasteiger partial charge >= 0.3 is 0 Å². The number of phenolic OH excluding ortho intramolecular Hbond substituents is 4. The number of hydrogen-bond acceptors (Lipinski definition) is 7. The second kappa shape index (κ2) is 10.6. The first-order valence-electron chi connectivity index (χ1n) is 12.4. The number of nitrogen functional groups attached to an aromatic ring is 2. The molecule has 0 unspecified atom stereocenters. The molecule has 196 valence electrons. The van der Waals surface area contributed by atoms with Gasteiger partial charge in [-0.3, -0.25) is 0 Å². The molecular weight excluding hydrogens is 490 g/mol. The molecule has 0 fully saturated rings. The maximum atomic E-state index is 9.94. The van der Waals surface area contributed by atoms with Gasteiger partial charge < -0.3 is 36.8 Å². The number of hydrogen-bond donors (Lipinski definition) is 6. The van der Waals surface area contributed by atoms with Gasteiger partial charge in [-0.15, -0.1) is 0 Å². The summed E-state index contributed by atoms with van der Waals surface area (Å²) in [5.41, 5.74) is 20.0. The molecule has 0 bridgehead atoms. The fraction of sp³-hybridized carbons (Fsp3) is 0.0625. The second-order valence-corrected chi connectivity index (χ2v) is 9.44. The van der Waals surface area contributed by atoms with Crippen molar-refractivity contribution in [1.29, 1.82) is 0 Å². The number of phenols is 4. The summed E-state index contributed by atoms with van der Waals surface area (Å²) in [6.45, 7) is 0. The van der Waals surface area contributed by atoms with E-state index in [4.69, 9.17) is 11.5 Å². The van der Waals surface area contributed by atoms with E-state index in [1.165, 1.54) is 24.3 Å². The van der Waals surface area contributed by atoms with Crippen molar-refractivity contribution in [3.8, 4) is 23.0 Å². The highest BCUT2D eigenvalue weighted by atomic mass is 16.3. The highest BCUT2D eigenvalue weighted by molar-refractivity contribution is 5.79. The molecule has 5 aromatic rings. The average molecular weight is 520 g/mol. The molecular formula is C32H29N3O4. The van der Waals surface area contributed by atoms with Crippen molar-refractivity contribution in [2.45, 2.75) is 12.8 Å². The van der Waals surface area contributed by atoms with Crippen LogP contribution in [0, 0.1) is 0 Å². The number of rotatable bonds is 7. The first-order chi connectivity index (χ1) is 18.8. The van der Waals surface area contributed by atoms with E-state index in [2.05, 4.69) is 4.90 Å². The highest BCUT2D eigenvalue weighted by Gasteiger charge is 2.16. The van der Waals surface area contributed by atoms with Gasteiger partial charge in [-0.1, -0.05) is 30.3 Å². The molecule has 5 rings (SSSR count). The third kappa shape index (κ3) is 5.52. The van der Waals surface area contributed by atoms with Gasteiger partial charge in [-0.05, 0) is 108 Å². The molecule has 0 aliphatic carbocycles. The molecule has 0 aliphatic heterocycles. The van der Waals surface area contributed by atoms with Crippen LogP contribution in [0.1, 0.15) is 22.3 Å². The number of anilines is 5. The van der Waals surface area contributed by atoms with Crippen molar-refractivity contribution >= 4 is 28.4 Å². The summed E-state index contributed by atoms with van der Waals surface area (Å²) in [7, 11) is 0. The topological polar surface area (TPSA) is 136 Å². The summed E-state index contributed by atoms with van der Waals surface area (Å²) in [4.78, 5) is 2.11. The van der Waals surface area contributed by atoms with Crippen molar-refractivity contribution in [3.05, 3.63) is 125 Å². The molecule has 7 nitrogen and oxygen atoms in total. The first-order valence-corrected chi connectivity index (χ1v) is 12.4. The monoisotopic (exact) mass is 519 g/mol. The SMILES string of the molecule is Nc1ccc(N(c2ccccc2)c2ccc(N)c(Cc3ccc(O)c(O)c3)c2)cc1Cc1ccc(O)c(O)c1. The molecule has 0 saturated carbocycles. The van der Waals surface area contributed by atoms with Crippen molar-refractivity contribution in [2.24, 2.45) is 0 Å².